The molecule has 70 valence electrons. The molecule has 0 rings (SSSR count). The minimum Gasteiger partial charge on any atom is -0.366 e. The molecule has 0 aromatic heterocycles. The molecule has 2 heteroatoms. The van der Waals surface area contributed by atoms with Crippen molar-refractivity contribution in [2.75, 3.05) is 26.4 Å². The van der Waals surface area contributed by atoms with Crippen LogP contribution in [0.4, 0.5) is 0 Å². The number of nitrogens with zero attached hydrogens (tertiary/aromatic N) is 1. The first kappa shape index (κ1) is 13.5. The highest BCUT2D eigenvalue weighted by molar-refractivity contribution is 4.41. The maximum absolute atomic E-state index is 5.20. The lowest BCUT2D eigenvalue weighted by atomic mass is 10.6. The van der Waals surface area contributed by atoms with Gasteiger partial charge in [0.1, 0.15) is 0 Å². The second-order valence-corrected chi connectivity index (χ2v) is 1.93. The van der Waals surface area contributed by atoms with Crippen molar-refractivity contribution in [3.63, 3.8) is 0 Å². The average Bonchev–Trinajstić information content (AvgIpc) is 2.10. The van der Waals surface area contributed by atoms with Crippen LogP contribution in [0.15, 0.2) is 0 Å². The van der Waals surface area contributed by atoms with E-state index in [0.717, 1.165) is 26.4 Å². The summed E-state index contributed by atoms with van der Waals surface area (Å²) in [6.45, 7) is 14.1. The van der Waals surface area contributed by atoms with Crippen LogP contribution in [0.5, 0.6) is 0 Å². The number of hydrogen-bond acceptors (Lipinski definition) is 2. The lowest BCUT2D eigenvalue weighted by molar-refractivity contribution is 0.0417. The molecule has 0 heterocycles. The van der Waals surface area contributed by atoms with Crippen molar-refractivity contribution in [3.05, 3.63) is 0 Å². The van der Waals surface area contributed by atoms with Gasteiger partial charge in [-0.1, -0.05) is 27.7 Å². The van der Waals surface area contributed by atoms with E-state index < -0.39 is 0 Å². The Kier molecular flexibility index (Phi) is 15.4. The van der Waals surface area contributed by atoms with Crippen LogP contribution in [0, 0.1) is 0 Å². The van der Waals surface area contributed by atoms with Crippen LogP contribution in [-0.4, -0.2) is 31.3 Å². The van der Waals surface area contributed by atoms with Gasteiger partial charge >= 0.3 is 0 Å². The molecule has 0 aliphatic heterocycles. The molecule has 0 aromatic rings. The fraction of sp³-hybridized carbons (Fsp3) is 1.00. The fourth-order valence-electron chi connectivity index (χ4n) is 0.627. The summed E-state index contributed by atoms with van der Waals surface area (Å²) >= 11 is 0. The minimum absolute atomic E-state index is 0.781. The van der Waals surface area contributed by atoms with Gasteiger partial charge in [0.15, 0.2) is 0 Å². The third-order valence-corrected chi connectivity index (χ3v) is 1.37. The van der Waals surface area contributed by atoms with Crippen LogP contribution in [-0.2, 0) is 4.74 Å². The zero-order valence-corrected chi connectivity index (χ0v) is 8.68. The zero-order valence-electron chi connectivity index (χ0n) is 8.68. The van der Waals surface area contributed by atoms with Crippen LogP contribution in [0.25, 0.3) is 0 Å². The largest absolute Gasteiger partial charge is 0.366 e. The molecule has 0 radical (unpaired) electrons. The monoisotopic (exact) mass is 161 g/mol. The second-order valence-electron chi connectivity index (χ2n) is 1.93. The summed E-state index contributed by atoms with van der Waals surface area (Å²) in [5.41, 5.74) is 0. The molecular weight excluding hydrogens is 138 g/mol. The van der Waals surface area contributed by atoms with Gasteiger partial charge in [-0.2, -0.15) is 0 Å². The summed E-state index contributed by atoms with van der Waals surface area (Å²) in [5.74, 6) is 0. The molecule has 0 unspecified atom stereocenters. The Bertz CT molecular complexity index is 53.5. The van der Waals surface area contributed by atoms with E-state index in [4.69, 9.17) is 4.74 Å². The topological polar surface area (TPSA) is 12.5 Å². The molecule has 0 aliphatic rings. The van der Waals surface area contributed by atoms with Crippen molar-refractivity contribution in [1.82, 2.24) is 4.90 Å². The van der Waals surface area contributed by atoms with E-state index in [9.17, 15) is 0 Å². The number of rotatable bonds is 5. The molecular formula is C9H23NO. The van der Waals surface area contributed by atoms with Gasteiger partial charge < -0.3 is 4.74 Å². The zero-order chi connectivity index (χ0) is 9.11. The van der Waals surface area contributed by atoms with Crippen molar-refractivity contribution in [3.8, 4) is 0 Å². The molecule has 0 bridgehead atoms. The van der Waals surface area contributed by atoms with Crippen LogP contribution in [0.1, 0.15) is 34.6 Å². The molecule has 11 heavy (non-hydrogen) atoms. The third-order valence-electron chi connectivity index (χ3n) is 1.37. The van der Waals surface area contributed by atoms with Crippen LogP contribution in [0.2, 0.25) is 0 Å². The summed E-state index contributed by atoms with van der Waals surface area (Å²) in [7, 11) is 0. The third kappa shape index (κ3) is 9.92. The predicted molar refractivity (Wildman–Crippen MR) is 50.8 cm³/mol. The van der Waals surface area contributed by atoms with Gasteiger partial charge in [0.25, 0.3) is 0 Å². The standard InChI is InChI=1S/C7H17NO.C2H6/c1-4-8(5-2)7-9-6-3;1-2/h4-7H2,1-3H3;1-2H3. The second kappa shape index (κ2) is 12.6. The Morgan fingerprint density at radius 3 is 1.73 bits per heavy atom. The molecule has 0 fully saturated rings. The van der Waals surface area contributed by atoms with Crippen molar-refractivity contribution in [1.29, 1.82) is 0 Å². The van der Waals surface area contributed by atoms with Gasteiger partial charge in [0.2, 0.25) is 0 Å². The molecule has 2 nitrogen and oxygen atoms in total. The molecule has 0 amide bonds. The smallest absolute Gasteiger partial charge is 0.0989 e. The number of hydrogen-bond donors (Lipinski definition) is 0. The van der Waals surface area contributed by atoms with Crippen LogP contribution >= 0.6 is 0 Å². The SMILES string of the molecule is CC.CCOCN(CC)CC. The van der Waals surface area contributed by atoms with Gasteiger partial charge in [-0.3, -0.25) is 4.90 Å². The first-order valence-corrected chi connectivity index (χ1v) is 4.65. The molecule has 0 saturated carbocycles. The Morgan fingerprint density at radius 1 is 1.00 bits per heavy atom. The summed E-state index contributed by atoms with van der Waals surface area (Å²) in [4.78, 5) is 2.24. The van der Waals surface area contributed by atoms with E-state index in [2.05, 4.69) is 18.7 Å². The lowest BCUT2D eigenvalue weighted by Gasteiger charge is -2.16. The van der Waals surface area contributed by atoms with E-state index in [1.165, 1.54) is 0 Å². The van der Waals surface area contributed by atoms with Gasteiger partial charge in [0.05, 0.1) is 6.73 Å². The molecule has 0 aromatic carbocycles. The van der Waals surface area contributed by atoms with Crippen molar-refractivity contribution in [2.24, 2.45) is 0 Å². The van der Waals surface area contributed by atoms with Gasteiger partial charge in [-0.25, -0.2) is 0 Å². The van der Waals surface area contributed by atoms with E-state index in [1.54, 1.807) is 0 Å². The van der Waals surface area contributed by atoms with E-state index in [1.807, 2.05) is 20.8 Å². The van der Waals surface area contributed by atoms with Gasteiger partial charge in [-0.05, 0) is 20.0 Å². The molecule has 0 N–H and O–H groups in total. The van der Waals surface area contributed by atoms with Gasteiger partial charge in [0, 0.05) is 6.61 Å². The first-order valence-electron chi connectivity index (χ1n) is 4.65. The summed E-state index contributed by atoms with van der Waals surface area (Å²) in [6, 6.07) is 0. The van der Waals surface area contributed by atoms with Crippen molar-refractivity contribution < 1.29 is 4.74 Å². The molecule has 0 saturated heterocycles. The molecule has 0 atom stereocenters. The Morgan fingerprint density at radius 2 is 1.45 bits per heavy atom. The Labute approximate surface area is 71.5 Å². The minimum atomic E-state index is 0.781. The highest BCUT2D eigenvalue weighted by Gasteiger charge is 1.94. The fourth-order valence-corrected chi connectivity index (χ4v) is 0.627. The maximum atomic E-state index is 5.20. The quantitative estimate of drug-likeness (QED) is 0.574. The van der Waals surface area contributed by atoms with Crippen molar-refractivity contribution >= 4 is 0 Å². The summed E-state index contributed by atoms with van der Waals surface area (Å²) < 4.78 is 5.20. The lowest BCUT2D eigenvalue weighted by Crippen LogP contribution is -2.25. The van der Waals surface area contributed by atoms with E-state index in [0.29, 0.717) is 0 Å². The first-order chi connectivity index (χ1) is 5.35. The van der Waals surface area contributed by atoms with E-state index >= 15 is 0 Å². The van der Waals surface area contributed by atoms with E-state index in [-0.39, 0.29) is 0 Å². The normalized spacial score (nSPS) is 9.27. The van der Waals surface area contributed by atoms with Crippen LogP contribution in [0.3, 0.4) is 0 Å². The molecule has 0 aliphatic carbocycles. The predicted octanol–water partition coefficient (Wildman–Crippen LogP) is 2.35. The molecule has 0 spiro atoms. The summed E-state index contributed by atoms with van der Waals surface area (Å²) in [6.07, 6.45) is 0. The van der Waals surface area contributed by atoms with Crippen molar-refractivity contribution in [2.45, 2.75) is 34.6 Å². The average molecular weight is 161 g/mol. The summed E-state index contributed by atoms with van der Waals surface area (Å²) in [5, 5.41) is 0. The van der Waals surface area contributed by atoms with Crippen LogP contribution < -0.4 is 0 Å². The number of ether oxygens (including phenoxy) is 1. The highest BCUT2D eigenvalue weighted by atomic mass is 16.5. The Hall–Kier alpha value is -0.0800. The highest BCUT2D eigenvalue weighted by Crippen LogP contribution is 1.85. The maximum Gasteiger partial charge on any atom is 0.0989 e. The van der Waals surface area contributed by atoms with Gasteiger partial charge in [-0.15, -0.1) is 0 Å². The Balaban J connectivity index is 0.